The van der Waals surface area contributed by atoms with Gasteiger partial charge in [-0.05, 0) is 64.6 Å². The van der Waals surface area contributed by atoms with Crippen LogP contribution in [0.3, 0.4) is 0 Å². The Kier molecular flexibility index (Phi) is 6.26. The molecule has 31 heavy (non-hydrogen) atoms. The van der Waals surface area contributed by atoms with Gasteiger partial charge in [0, 0.05) is 10.8 Å². The predicted molar refractivity (Wildman–Crippen MR) is 119 cm³/mol. The van der Waals surface area contributed by atoms with E-state index in [1.165, 1.54) is 18.6 Å². The van der Waals surface area contributed by atoms with Gasteiger partial charge in [0.25, 0.3) is 0 Å². The van der Waals surface area contributed by atoms with E-state index in [9.17, 15) is 13.2 Å². The first-order chi connectivity index (χ1) is 15.0. The molecule has 0 aliphatic heterocycles. The minimum absolute atomic E-state index is 0.275. The fourth-order valence-electron chi connectivity index (χ4n) is 4.16. The van der Waals surface area contributed by atoms with Crippen molar-refractivity contribution in [2.75, 3.05) is 0 Å². The lowest BCUT2D eigenvalue weighted by Gasteiger charge is -2.12. The normalized spacial score (nSPS) is 11.5. The summed E-state index contributed by atoms with van der Waals surface area (Å²) in [6.07, 6.45) is 6.10. The number of halogens is 4. The first-order valence-electron chi connectivity index (χ1n) is 10.8. The standard InChI is InChI=1S/C27H24F4/c1-2-3-4-5-6-7-17-8-11-21-20-12-9-18(19-10-13-24(28)26(30)15-19)14-22(20)25(29)16-23(21)27(17)31/h8-16H,2-7H2,1H3. The topological polar surface area (TPSA) is 0 Å². The minimum Gasteiger partial charge on any atom is -0.206 e. The molecule has 0 spiro atoms. The summed E-state index contributed by atoms with van der Waals surface area (Å²) < 4.78 is 56.9. The number of aryl methyl sites for hydroxylation is 1. The fourth-order valence-corrected chi connectivity index (χ4v) is 4.16. The van der Waals surface area contributed by atoms with Crippen molar-refractivity contribution in [2.45, 2.75) is 45.4 Å². The van der Waals surface area contributed by atoms with Crippen LogP contribution in [0.2, 0.25) is 0 Å². The zero-order chi connectivity index (χ0) is 22.0. The Morgan fingerprint density at radius 1 is 0.548 bits per heavy atom. The highest BCUT2D eigenvalue weighted by Gasteiger charge is 2.14. The fraction of sp³-hybridized carbons (Fsp3) is 0.259. The van der Waals surface area contributed by atoms with Gasteiger partial charge >= 0.3 is 0 Å². The summed E-state index contributed by atoms with van der Waals surface area (Å²) in [5.41, 5.74) is 1.62. The van der Waals surface area contributed by atoms with Gasteiger partial charge in [0.2, 0.25) is 0 Å². The maximum atomic E-state index is 15.1. The van der Waals surface area contributed by atoms with Crippen LogP contribution in [0.15, 0.2) is 54.6 Å². The Hall–Kier alpha value is -2.88. The molecule has 4 aromatic rings. The molecule has 4 aromatic carbocycles. The first-order valence-corrected chi connectivity index (χ1v) is 10.8. The second-order valence-electron chi connectivity index (χ2n) is 8.05. The smallest absolute Gasteiger partial charge is 0.159 e. The van der Waals surface area contributed by atoms with Crippen molar-refractivity contribution in [3.63, 3.8) is 0 Å². The Morgan fingerprint density at radius 2 is 1.23 bits per heavy atom. The highest BCUT2D eigenvalue weighted by molar-refractivity contribution is 6.09. The van der Waals surface area contributed by atoms with Crippen LogP contribution < -0.4 is 0 Å². The summed E-state index contributed by atoms with van der Waals surface area (Å²) in [5, 5.41) is 1.83. The molecule has 0 saturated carbocycles. The van der Waals surface area contributed by atoms with Crippen molar-refractivity contribution in [2.24, 2.45) is 0 Å². The lowest BCUT2D eigenvalue weighted by Crippen LogP contribution is -1.95. The molecule has 0 saturated heterocycles. The summed E-state index contributed by atoms with van der Waals surface area (Å²) in [7, 11) is 0. The summed E-state index contributed by atoms with van der Waals surface area (Å²) in [4.78, 5) is 0. The molecule has 0 amide bonds. The van der Waals surface area contributed by atoms with E-state index in [4.69, 9.17) is 0 Å². The molecule has 4 rings (SSSR count). The SMILES string of the molecule is CCCCCCCc1ccc2c(cc(F)c3cc(-c4ccc(F)c(F)c4)ccc32)c1F. The van der Waals surface area contributed by atoms with Gasteiger partial charge in [-0.1, -0.05) is 62.9 Å². The van der Waals surface area contributed by atoms with E-state index in [2.05, 4.69) is 6.92 Å². The Bertz CT molecular complexity index is 1240. The van der Waals surface area contributed by atoms with Crippen LogP contribution in [0.4, 0.5) is 17.6 Å². The van der Waals surface area contributed by atoms with Crippen molar-refractivity contribution in [1.29, 1.82) is 0 Å². The van der Waals surface area contributed by atoms with Crippen molar-refractivity contribution in [3.8, 4) is 11.1 Å². The van der Waals surface area contributed by atoms with Crippen LogP contribution in [-0.2, 0) is 6.42 Å². The molecular formula is C27H24F4. The highest BCUT2D eigenvalue weighted by atomic mass is 19.2. The summed E-state index contributed by atoms with van der Waals surface area (Å²) in [5.74, 6) is -2.79. The van der Waals surface area contributed by atoms with Crippen LogP contribution >= 0.6 is 0 Å². The quantitative estimate of drug-likeness (QED) is 0.158. The first kappa shape index (κ1) is 21.4. The van der Waals surface area contributed by atoms with Gasteiger partial charge in [-0.25, -0.2) is 17.6 Å². The predicted octanol–water partition coefficient (Wildman–Crippen LogP) is 8.73. The zero-order valence-electron chi connectivity index (χ0n) is 17.5. The maximum absolute atomic E-state index is 15.1. The monoisotopic (exact) mass is 424 g/mol. The average molecular weight is 424 g/mol. The minimum atomic E-state index is -0.958. The Balaban J connectivity index is 1.72. The molecule has 0 unspecified atom stereocenters. The van der Waals surface area contributed by atoms with Crippen molar-refractivity contribution < 1.29 is 17.6 Å². The largest absolute Gasteiger partial charge is 0.206 e. The summed E-state index contributed by atoms with van der Waals surface area (Å²) >= 11 is 0. The number of hydrogen-bond donors (Lipinski definition) is 0. The van der Waals surface area contributed by atoms with Gasteiger partial charge in [-0.3, -0.25) is 0 Å². The summed E-state index contributed by atoms with van der Waals surface area (Å²) in [6.45, 7) is 2.16. The number of benzene rings is 4. The molecule has 0 bridgehead atoms. The van der Waals surface area contributed by atoms with E-state index in [1.54, 1.807) is 24.3 Å². The van der Waals surface area contributed by atoms with Crippen LogP contribution in [0.5, 0.6) is 0 Å². The van der Waals surface area contributed by atoms with Gasteiger partial charge < -0.3 is 0 Å². The molecule has 0 aliphatic carbocycles. The van der Waals surface area contributed by atoms with Gasteiger partial charge in [0.05, 0.1) is 0 Å². The van der Waals surface area contributed by atoms with Gasteiger partial charge in [0.1, 0.15) is 11.6 Å². The van der Waals surface area contributed by atoms with Gasteiger partial charge in [-0.15, -0.1) is 0 Å². The molecular weight excluding hydrogens is 400 g/mol. The van der Waals surface area contributed by atoms with E-state index in [-0.39, 0.29) is 11.2 Å². The van der Waals surface area contributed by atoms with Crippen LogP contribution in [-0.4, -0.2) is 0 Å². The lowest BCUT2D eigenvalue weighted by molar-refractivity contribution is 0.509. The number of unbranched alkanes of at least 4 members (excludes halogenated alkanes) is 4. The van der Waals surface area contributed by atoms with E-state index in [0.29, 0.717) is 39.3 Å². The molecule has 0 nitrogen and oxygen atoms in total. The average Bonchev–Trinajstić information content (AvgIpc) is 2.77. The third-order valence-electron chi connectivity index (χ3n) is 5.90. The van der Waals surface area contributed by atoms with Crippen LogP contribution in [0, 0.1) is 23.3 Å². The lowest BCUT2D eigenvalue weighted by atomic mass is 9.94. The Labute approximate surface area is 179 Å². The van der Waals surface area contributed by atoms with Gasteiger partial charge in [-0.2, -0.15) is 0 Å². The second-order valence-corrected chi connectivity index (χ2v) is 8.05. The molecule has 0 heterocycles. The molecule has 4 heteroatoms. The molecule has 0 N–H and O–H groups in total. The van der Waals surface area contributed by atoms with E-state index in [1.807, 2.05) is 6.07 Å². The van der Waals surface area contributed by atoms with E-state index < -0.39 is 17.5 Å². The molecule has 0 aliphatic rings. The number of hydrogen-bond acceptors (Lipinski definition) is 0. The molecule has 0 fully saturated rings. The maximum Gasteiger partial charge on any atom is 0.159 e. The van der Waals surface area contributed by atoms with Crippen LogP contribution in [0.1, 0.15) is 44.6 Å². The van der Waals surface area contributed by atoms with E-state index in [0.717, 1.165) is 37.8 Å². The van der Waals surface area contributed by atoms with Crippen LogP contribution in [0.25, 0.3) is 32.7 Å². The second kappa shape index (κ2) is 9.09. The van der Waals surface area contributed by atoms with E-state index >= 15 is 4.39 Å². The summed E-state index contributed by atoms with van der Waals surface area (Å²) in [6, 6.07) is 13.5. The molecule has 0 aromatic heterocycles. The highest BCUT2D eigenvalue weighted by Crippen LogP contribution is 2.34. The zero-order valence-corrected chi connectivity index (χ0v) is 17.5. The third-order valence-corrected chi connectivity index (χ3v) is 5.90. The Morgan fingerprint density at radius 3 is 2.00 bits per heavy atom. The molecule has 0 radical (unpaired) electrons. The molecule has 160 valence electrons. The third kappa shape index (κ3) is 4.30. The number of rotatable bonds is 7. The van der Waals surface area contributed by atoms with Crippen molar-refractivity contribution in [1.82, 2.24) is 0 Å². The van der Waals surface area contributed by atoms with Crippen molar-refractivity contribution >= 4 is 21.5 Å². The molecule has 0 atom stereocenters. The number of fused-ring (bicyclic) bond motifs is 3. The van der Waals surface area contributed by atoms with Crippen molar-refractivity contribution in [3.05, 3.63) is 83.4 Å². The van der Waals surface area contributed by atoms with Gasteiger partial charge in [0.15, 0.2) is 11.6 Å².